The van der Waals surface area contributed by atoms with Crippen LogP contribution >= 0.6 is 15.9 Å². The minimum atomic E-state index is -1.27. The number of fused-ring (bicyclic) bond motifs is 6. The van der Waals surface area contributed by atoms with E-state index in [0.29, 0.717) is 11.3 Å². The fraction of sp³-hybridized carbons (Fsp3) is 0.258. The largest absolute Gasteiger partial charge is 0.352 e. The van der Waals surface area contributed by atoms with Gasteiger partial charge in [0.15, 0.2) is 11.6 Å². The molecule has 3 aliphatic rings. The fourth-order valence-electron chi connectivity index (χ4n) is 6.36. The Labute approximate surface area is 224 Å². The number of hydrogen-bond acceptors (Lipinski definition) is 4. The summed E-state index contributed by atoms with van der Waals surface area (Å²) < 4.78 is 0.853. The zero-order valence-corrected chi connectivity index (χ0v) is 22.5. The molecule has 186 valence electrons. The van der Waals surface area contributed by atoms with Crippen molar-refractivity contribution in [2.24, 2.45) is 11.3 Å². The van der Waals surface area contributed by atoms with Gasteiger partial charge in [-0.15, -0.1) is 0 Å². The van der Waals surface area contributed by atoms with Crippen LogP contribution in [0.1, 0.15) is 42.3 Å². The molecule has 1 amide bonds. The van der Waals surface area contributed by atoms with Gasteiger partial charge in [-0.25, -0.2) is 0 Å². The Morgan fingerprint density at radius 1 is 0.946 bits per heavy atom. The van der Waals surface area contributed by atoms with E-state index in [2.05, 4.69) is 21.2 Å². The molecule has 1 fully saturated rings. The van der Waals surface area contributed by atoms with Crippen LogP contribution in [0.25, 0.3) is 6.08 Å². The first-order valence-corrected chi connectivity index (χ1v) is 13.3. The molecule has 3 heterocycles. The van der Waals surface area contributed by atoms with Gasteiger partial charge in [-0.05, 0) is 35.4 Å². The summed E-state index contributed by atoms with van der Waals surface area (Å²) >= 11 is 3.45. The van der Waals surface area contributed by atoms with E-state index < -0.39 is 28.8 Å². The summed E-state index contributed by atoms with van der Waals surface area (Å²) in [7, 11) is 0. The number of carbonyl (C=O) groups is 3. The second-order valence-corrected chi connectivity index (χ2v) is 12.0. The fourth-order valence-corrected chi connectivity index (χ4v) is 6.62. The first-order valence-electron chi connectivity index (χ1n) is 12.5. The number of rotatable bonds is 3. The third-order valence-corrected chi connectivity index (χ3v) is 8.49. The summed E-state index contributed by atoms with van der Waals surface area (Å²) in [6.45, 7) is 5.64. The molecule has 1 N–H and O–H groups in total. The Hall–Kier alpha value is -3.51. The Balaban J connectivity index is 1.68. The van der Waals surface area contributed by atoms with Crippen molar-refractivity contribution in [2.75, 3.05) is 10.2 Å². The van der Waals surface area contributed by atoms with Crippen molar-refractivity contribution in [2.45, 2.75) is 38.3 Å². The topological polar surface area (TPSA) is 66.5 Å². The molecule has 0 saturated carbocycles. The van der Waals surface area contributed by atoms with Gasteiger partial charge in [-0.2, -0.15) is 0 Å². The average Bonchev–Trinajstić information content (AvgIpc) is 3.36. The van der Waals surface area contributed by atoms with Crippen molar-refractivity contribution in [1.29, 1.82) is 0 Å². The Morgan fingerprint density at radius 3 is 2.35 bits per heavy atom. The molecular weight excluding hydrogens is 528 g/mol. The molecule has 0 unspecified atom stereocenters. The van der Waals surface area contributed by atoms with Crippen LogP contribution in [-0.2, 0) is 15.0 Å². The highest BCUT2D eigenvalue weighted by Gasteiger charge is 2.70. The van der Waals surface area contributed by atoms with E-state index >= 15 is 0 Å². The summed E-state index contributed by atoms with van der Waals surface area (Å²) in [6, 6.07) is 21.3. The van der Waals surface area contributed by atoms with Gasteiger partial charge >= 0.3 is 0 Å². The number of Topliss-reactive ketones (excluding diaryl/α,β-unsaturated/α-hetero) is 2. The van der Waals surface area contributed by atoms with Crippen molar-refractivity contribution < 1.29 is 14.4 Å². The molecule has 0 radical (unpaired) electrons. The van der Waals surface area contributed by atoms with Crippen LogP contribution in [0.15, 0.2) is 83.3 Å². The maximum atomic E-state index is 14.6. The molecule has 5 nitrogen and oxygen atoms in total. The quantitative estimate of drug-likeness (QED) is 0.401. The number of benzene rings is 3. The highest BCUT2D eigenvalue weighted by atomic mass is 79.9. The monoisotopic (exact) mass is 554 g/mol. The van der Waals surface area contributed by atoms with Crippen LogP contribution in [0, 0.1) is 11.3 Å². The smallest absolute Gasteiger partial charge is 0.238 e. The minimum absolute atomic E-state index is 0.0629. The highest BCUT2D eigenvalue weighted by molar-refractivity contribution is 9.10. The molecule has 4 atom stereocenters. The molecule has 0 aliphatic carbocycles. The van der Waals surface area contributed by atoms with Crippen LogP contribution in [0.3, 0.4) is 0 Å². The summed E-state index contributed by atoms with van der Waals surface area (Å²) in [4.78, 5) is 45.2. The van der Waals surface area contributed by atoms with Crippen LogP contribution in [-0.4, -0.2) is 29.6 Å². The van der Waals surface area contributed by atoms with E-state index in [4.69, 9.17) is 0 Å². The number of anilines is 2. The third kappa shape index (κ3) is 3.31. The number of para-hydroxylation sites is 2. The van der Waals surface area contributed by atoms with E-state index in [0.717, 1.165) is 21.3 Å². The second-order valence-electron chi connectivity index (χ2n) is 11.0. The van der Waals surface area contributed by atoms with Gasteiger partial charge in [0.25, 0.3) is 0 Å². The number of nitrogens with one attached hydrogen (secondary N) is 1. The van der Waals surface area contributed by atoms with Crippen molar-refractivity contribution in [3.8, 4) is 0 Å². The Bertz CT molecular complexity index is 1490. The van der Waals surface area contributed by atoms with Gasteiger partial charge in [0.2, 0.25) is 5.91 Å². The van der Waals surface area contributed by atoms with Crippen LogP contribution in [0.5, 0.6) is 0 Å². The lowest BCUT2D eigenvalue weighted by Gasteiger charge is -2.38. The minimum Gasteiger partial charge on any atom is -0.352 e. The normalized spacial score (nSPS) is 25.5. The lowest BCUT2D eigenvalue weighted by atomic mass is 9.63. The van der Waals surface area contributed by atoms with Gasteiger partial charge in [-0.3, -0.25) is 14.4 Å². The van der Waals surface area contributed by atoms with Crippen LogP contribution in [0.4, 0.5) is 11.4 Å². The zero-order chi connectivity index (χ0) is 26.1. The molecule has 0 bridgehead atoms. The maximum absolute atomic E-state index is 14.6. The number of nitrogens with zero attached hydrogens (tertiary/aromatic N) is 1. The third-order valence-electron chi connectivity index (χ3n) is 7.96. The molecule has 3 aromatic carbocycles. The Kier molecular flexibility index (Phi) is 5.32. The van der Waals surface area contributed by atoms with E-state index in [9.17, 15) is 14.4 Å². The molecule has 0 aromatic heterocycles. The first kappa shape index (κ1) is 23.9. The maximum Gasteiger partial charge on any atom is 0.238 e. The number of ketones is 2. The van der Waals surface area contributed by atoms with Gasteiger partial charge in [0.05, 0.1) is 12.0 Å². The molecule has 37 heavy (non-hydrogen) atoms. The Morgan fingerprint density at radius 2 is 1.62 bits per heavy atom. The summed E-state index contributed by atoms with van der Waals surface area (Å²) in [5, 5.41) is 3.06. The van der Waals surface area contributed by atoms with E-state index in [1.165, 1.54) is 0 Å². The van der Waals surface area contributed by atoms with E-state index in [1.54, 1.807) is 12.1 Å². The van der Waals surface area contributed by atoms with Crippen LogP contribution < -0.4 is 10.2 Å². The second kappa shape index (κ2) is 8.25. The van der Waals surface area contributed by atoms with Gasteiger partial charge in [-0.1, -0.05) is 97.4 Å². The zero-order valence-electron chi connectivity index (χ0n) is 20.9. The molecule has 3 aliphatic heterocycles. The molecular formula is C31H27BrN2O3. The number of carbonyl (C=O) groups excluding carboxylic acids is 3. The standard InChI is InChI=1S/C31H27BrN2O3/c1-30(2,3)28(36)26-25(27(35)19-12-15-20(32)16-13-19)31(21-9-5-6-10-22(21)33-29(31)37)24-17-14-18-8-4-7-11-23(18)34(24)26/h4-17,24-26H,1-3H3,(H,33,37)/t24-,25+,26-,31-/m1/s1. The predicted molar refractivity (Wildman–Crippen MR) is 149 cm³/mol. The molecule has 3 aromatic rings. The van der Waals surface area contributed by atoms with Gasteiger partial charge in [0.1, 0.15) is 11.5 Å². The molecule has 1 spiro atoms. The summed E-state index contributed by atoms with van der Waals surface area (Å²) in [6.07, 6.45) is 4.01. The van der Waals surface area contributed by atoms with Crippen molar-refractivity contribution in [1.82, 2.24) is 0 Å². The number of amides is 1. The lowest BCUT2D eigenvalue weighted by Crippen LogP contribution is -2.51. The average molecular weight is 555 g/mol. The lowest BCUT2D eigenvalue weighted by molar-refractivity contribution is -0.128. The summed E-state index contributed by atoms with van der Waals surface area (Å²) in [5.41, 5.74) is 1.76. The van der Waals surface area contributed by atoms with Crippen molar-refractivity contribution in [3.05, 3.63) is 100 Å². The van der Waals surface area contributed by atoms with E-state index in [-0.39, 0.29) is 17.5 Å². The first-order chi connectivity index (χ1) is 17.7. The molecule has 6 rings (SSSR count). The molecule has 6 heteroatoms. The summed E-state index contributed by atoms with van der Waals surface area (Å²) in [5.74, 6) is -1.44. The molecule has 1 saturated heterocycles. The number of halogens is 1. The highest BCUT2D eigenvalue weighted by Crippen LogP contribution is 2.58. The van der Waals surface area contributed by atoms with Gasteiger partial charge < -0.3 is 10.2 Å². The van der Waals surface area contributed by atoms with Crippen molar-refractivity contribution in [3.63, 3.8) is 0 Å². The number of hydrogen-bond donors (Lipinski definition) is 1. The van der Waals surface area contributed by atoms with Crippen molar-refractivity contribution >= 4 is 50.9 Å². The van der Waals surface area contributed by atoms with E-state index in [1.807, 2.05) is 98.5 Å². The van der Waals surface area contributed by atoms with Crippen LogP contribution in [0.2, 0.25) is 0 Å². The SMILES string of the molecule is CC(C)(C)C(=O)[C@H]1[C@@H](C(=O)c2ccc(Br)cc2)[C@]2(C(=O)Nc3ccccc32)[C@H]2C=Cc3ccccc3N12. The predicted octanol–water partition coefficient (Wildman–Crippen LogP) is 6.04. The van der Waals surface area contributed by atoms with Gasteiger partial charge in [0, 0.05) is 26.8 Å².